The minimum Gasteiger partial charge on any atom is -0.448 e. The molecule has 1 atom stereocenters. The number of carbonyl (C=O) groups excluding carboxylic acids is 2. The predicted octanol–water partition coefficient (Wildman–Crippen LogP) is 0.403. The van der Waals surface area contributed by atoms with Crippen LogP contribution in [0.4, 0.5) is 4.79 Å². The summed E-state index contributed by atoms with van der Waals surface area (Å²) in [7, 11) is 0. The second-order valence-corrected chi connectivity index (χ2v) is 4.30. The summed E-state index contributed by atoms with van der Waals surface area (Å²) in [5, 5.41) is 6.90. The smallest absolute Gasteiger partial charge is 0.409 e. The zero-order valence-corrected chi connectivity index (χ0v) is 10.9. The van der Waals surface area contributed by atoms with Crippen molar-refractivity contribution in [1.29, 1.82) is 0 Å². The van der Waals surface area contributed by atoms with Crippen molar-refractivity contribution >= 4 is 12.0 Å². The number of rotatable bonds is 6. The Bertz CT molecular complexity index is 432. The lowest BCUT2D eigenvalue weighted by molar-refractivity contribution is -0.124. The van der Waals surface area contributed by atoms with E-state index in [-0.39, 0.29) is 18.0 Å². The molecule has 2 rings (SSSR count). The second-order valence-electron chi connectivity index (χ2n) is 4.30. The van der Waals surface area contributed by atoms with Crippen LogP contribution < -0.4 is 5.32 Å². The summed E-state index contributed by atoms with van der Waals surface area (Å²) in [6.07, 6.45) is 3.77. The molecule has 0 aliphatic carbocycles. The molecule has 2 heterocycles. The Labute approximate surface area is 111 Å². The molecule has 104 valence electrons. The molecule has 0 spiro atoms. The van der Waals surface area contributed by atoms with Crippen molar-refractivity contribution in [3.8, 4) is 0 Å². The van der Waals surface area contributed by atoms with Crippen LogP contribution in [0.1, 0.15) is 19.4 Å². The summed E-state index contributed by atoms with van der Waals surface area (Å²) in [5.74, 6) is -0.0845. The molecular weight excluding hydrogens is 248 g/mol. The molecule has 0 bridgehead atoms. The Morgan fingerprint density at radius 2 is 2.47 bits per heavy atom. The van der Waals surface area contributed by atoms with Gasteiger partial charge in [0.25, 0.3) is 0 Å². The van der Waals surface area contributed by atoms with E-state index in [1.807, 2.05) is 6.92 Å². The highest BCUT2D eigenvalue weighted by molar-refractivity contribution is 5.80. The average molecular weight is 266 g/mol. The fourth-order valence-electron chi connectivity index (χ4n) is 2.02. The standard InChI is InChI=1S/C12H18N4O3/c1-2-10(16-6-3-4-14-16)11(17)13-5-7-15-8-9-19-12(15)18/h3-4,6,10H,2,5,7-9H2,1H3,(H,13,17)/t10-/m0/s1. The molecule has 7 heteroatoms. The Hall–Kier alpha value is -2.05. The van der Waals surface area contributed by atoms with E-state index in [1.54, 1.807) is 28.0 Å². The quantitative estimate of drug-likeness (QED) is 0.808. The summed E-state index contributed by atoms with van der Waals surface area (Å²) in [6, 6.07) is 1.48. The number of cyclic esters (lactones) is 1. The van der Waals surface area contributed by atoms with Gasteiger partial charge in [-0.2, -0.15) is 5.10 Å². The maximum Gasteiger partial charge on any atom is 0.409 e. The van der Waals surface area contributed by atoms with Gasteiger partial charge in [-0.15, -0.1) is 0 Å². The van der Waals surface area contributed by atoms with Crippen LogP contribution in [0.25, 0.3) is 0 Å². The summed E-state index contributed by atoms with van der Waals surface area (Å²) in [6.45, 7) is 3.85. The SMILES string of the molecule is CC[C@@H](C(=O)NCCN1CCOC1=O)n1cccn1. The summed E-state index contributed by atoms with van der Waals surface area (Å²) >= 11 is 0. The van der Waals surface area contributed by atoms with Gasteiger partial charge in [0.15, 0.2) is 0 Å². The number of nitrogens with zero attached hydrogens (tertiary/aromatic N) is 3. The fourth-order valence-corrected chi connectivity index (χ4v) is 2.02. The van der Waals surface area contributed by atoms with E-state index < -0.39 is 0 Å². The first kappa shape index (κ1) is 13.4. The third-order valence-corrected chi connectivity index (χ3v) is 3.06. The molecule has 2 amide bonds. The minimum atomic E-state index is -0.312. The zero-order chi connectivity index (χ0) is 13.7. The number of nitrogens with one attached hydrogen (secondary N) is 1. The van der Waals surface area contributed by atoms with E-state index in [9.17, 15) is 9.59 Å². The van der Waals surface area contributed by atoms with Gasteiger partial charge in [-0.05, 0) is 12.5 Å². The first-order valence-corrected chi connectivity index (χ1v) is 6.41. The fraction of sp³-hybridized carbons (Fsp3) is 0.583. The van der Waals surface area contributed by atoms with Gasteiger partial charge in [0.05, 0.1) is 6.54 Å². The highest BCUT2D eigenvalue weighted by Gasteiger charge is 2.22. The van der Waals surface area contributed by atoms with Crippen molar-refractivity contribution in [1.82, 2.24) is 20.0 Å². The number of aromatic nitrogens is 2. The van der Waals surface area contributed by atoms with Crippen molar-refractivity contribution in [3.05, 3.63) is 18.5 Å². The highest BCUT2D eigenvalue weighted by atomic mass is 16.6. The monoisotopic (exact) mass is 266 g/mol. The van der Waals surface area contributed by atoms with Crippen LogP contribution in [-0.4, -0.2) is 52.9 Å². The van der Waals surface area contributed by atoms with Crippen molar-refractivity contribution in [2.45, 2.75) is 19.4 Å². The van der Waals surface area contributed by atoms with Crippen LogP contribution in [-0.2, 0) is 9.53 Å². The zero-order valence-electron chi connectivity index (χ0n) is 10.9. The van der Waals surface area contributed by atoms with Gasteiger partial charge in [-0.1, -0.05) is 6.92 Å². The third-order valence-electron chi connectivity index (χ3n) is 3.06. The van der Waals surface area contributed by atoms with Crippen LogP contribution in [0.3, 0.4) is 0 Å². The Morgan fingerprint density at radius 3 is 3.05 bits per heavy atom. The molecule has 0 aromatic carbocycles. The van der Waals surface area contributed by atoms with Gasteiger partial charge in [-0.25, -0.2) is 4.79 Å². The van der Waals surface area contributed by atoms with Crippen LogP contribution in [0.15, 0.2) is 18.5 Å². The van der Waals surface area contributed by atoms with Gasteiger partial charge >= 0.3 is 6.09 Å². The van der Waals surface area contributed by atoms with E-state index in [1.165, 1.54) is 0 Å². The second kappa shape index (κ2) is 6.21. The molecule has 0 radical (unpaired) electrons. The number of hydrogen-bond donors (Lipinski definition) is 1. The molecule has 1 N–H and O–H groups in total. The van der Waals surface area contributed by atoms with Crippen LogP contribution in [0.2, 0.25) is 0 Å². The van der Waals surface area contributed by atoms with E-state index in [0.717, 1.165) is 0 Å². The number of amides is 2. The molecule has 1 saturated heterocycles. The summed E-state index contributed by atoms with van der Waals surface area (Å²) in [5.41, 5.74) is 0. The average Bonchev–Trinajstić information content (AvgIpc) is 3.03. The molecule has 1 aromatic heterocycles. The van der Waals surface area contributed by atoms with Gasteiger partial charge < -0.3 is 15.0 Å². The predicted molar refractivity (Wildman–Crippen MR) is 67.5 cm³/mol. The number of hydrogen-bond acceptors (Lipinski definition) is 4. The lowest BCUT2D eigenvalue weighted by atomic mass is 10.2. The van der Waals surface area contributed by atoms with E-state index in [2.05, 4.69) is 10.4 Å². The first-order chi connectivity index (χ1) is 9.22. The molecule has 7 nitrogen and oxygen atoms in total. The van der Waals surface area contributed by atoms with Crippen LogP contribution in [0, 0.1) is 0 Å². The van der Waals surface area contributed by atoms with Crippen molar-refractivity contribution in [2.75, 3.05) is 26.2 Å². The van der Waals surface area contributed by atoms with Gasteiger partial charge in [-0.3, -0.25) is 9.48 Å². The number of carbonyl (C=O) groups is 2. The lowest BCUT2D eigenvalue weighted by Gasteiger charge is -2.17. The molecule has 1 aromatic rings. The molecule has 19 heavy (non-hydrogen) atoms. The maximum atomic E-state index is 12.0. The summed E-state index contributed by atoms with van der Waals surface area (Å²) < 4.78 is 6.45. The Kier molecular flexibility index (Phi) is 4.38. The van der Waals surface area contributed by atoms with Gasteiger partial charge in [0.1, 0.15) is 12.6 Å². The maximum absolute atomic E-state index is 12.0. The van der Waals surface area contributed by atoms with E-state index in [0.29, 0.717) is 32.7 Å². The highest BCUT2D eigenvalue weighted by Crippen LogP contribution is 2.09. The molecule has 1 fully saturated rings. The Balaban J connectivity index is 1.78. The largest absolute Gasteiger partial charge is 0.448 e. The molecular formula is C12H18N4O3. The van der Waals surface area contributed by atoms with Crippen LogP contribution >= 0.6 is 0 Å². The molecule has 0 unspecified atom stereocenters. The minimum absolute atomic E-state index is 0.0845. The number of ether oxygens (including phenoxy) is 1. The Morgan fingerprint density at radius 1 is 1.63 bits per heavy atom. The summed E-state index contributed by atoms with van der Waals surface area (Å²) in [4.78, 5) is 24.8. The third kappa shape index (κ3) is 3.24. The van der Waals surface area contributed by atoms with Gasteiger partial charge in [0.2, 0.25) is 5.91 Å². The van der Waals surface area contributed by atoms with Crippen LogP contribution in [0.5, 0.6) is 0 Å². The molecule has 1 aliphatic heterocycles. The lowest BCUT2D eigenvalue weighted by Crippen LogP contribution is -2.38. The molecule has 1 aliphatic rings. The molecule has 0 saturated carbocycles. The topological polar surface area (TPSA) is 76.5 Å². The van der Waals surface area contributed by atoms with E-state index in [4.69, 9.17) is 4.74 Å². The first-order valence-electron chi connectivity index (χ1n) is 6.41. The van der Waals surface area contributed by atoms with Crippen molar-refractivity contribution in [2.24, 2.45) is 0 Å². The normalized spacial score (nSPS) is 16.3. The van der Waals surface area contributed by atoms with E-state index >= 15 is 0 Å². The van der Waals surface area contributed by atoms with Gasteiger partial charge in [0, 0.05) is 25.5 Å². The van der Waals surface area contributed by atoms with Crippen molar-refractivity contribution in [3.63, 3.8) is 0 Å². The van der Waals surface area contributed by atoms with Crippen molar-refractivity contribution < 1.29 is 14.3 Å².